The fourth-order valence-electron chi connectivity index (χ4n) is 3.05. The molecule has 0 amide bonds. The molecule has 1 fully saturated rings. The Kier molecular flexibility index (Phi) is 3.67. The van der Waals surface area contributed by atoms with Crippen LogP contribution in [0.25, 0.3) is 16.9 Å². The van der Waals surface area contributed by atoms with Crippen molar-refractivity contribution < 1.29 is 4.74 Å². The van der Waals surface area contributed by atoms with Crippen molar-refractivity contribution in [3.05, 3.63) is 42.2 Å². The molecule has 4 rings (SSSR count). The van der Waals surface area contributed by atoms with E-state index < -0.39 is 0 Å². The molecule has 0 saturated carbocycles. The number of fused-ring (bicyclic) bond motifs is 1. The number of nitrogens with zero attached hydrogens (tertiary/aromatic N) is 4. The number of aromatic nitrogens is 4. The fraction of sp³-hybridized carbons (Fsp3) is 0.353. The summed E-state index contributed by atoms with van der Waals surface area (Å²) < 4.78 is 7.09. The van der Waals surface area contributed by atoms with Crippen LogP contribution in [0.5, 0.6) is 5.75 Å². The molecule has 1 aliphatic heterocycles. The summed E-state index contributed by atoms with van der Waals surface area (Å²) in [6.07, 6.45) is 2.29. The van der Waals surface area contributed by atoms with E-state index in [1.807, 2.05) is 40.9 Å². The van der Waals surface area contributed by atoms with Gasteiger partial charge in [0.05, 0.1) is 12.8 Å². The van der Waals surface area contributed by atoms with E-state index in [0.717, 1.165) is 54.4 Å². The van der Waals surface area contributed by atoms with Crippen molar-refractivity contribution in [3.63, 3.8) is 0 Å². The van der Waals surface area contributed by atoms with Crippen molar-refractivity contribution in [1.82, 2.24) is 25.1 Å². The SMILES string of the molecule is COc1ccc(-c2ccc3nnc(C4CCCNC4)n3n2)cc1. The quantitative estimate of drug-likeness (QED) is 0.804. The zero-order valence-electron chi connectivity index (χ0n) is 13.1. The van der Waals surface area contributed by atoms with E-state index in [0.29, 0.717) is 5.92 Å². The van der Waals surface area contributed by atoms with Crippen molar-refractivity contribution in [1.29, 1.82) is 0 Å². The van der Waals surface area contributed by atoms with Gasteiger partial charge in [-0.05, 0) is 55.8 Å². The summed E-state index contributed by atoms with van der Waals surface area (Å²) in [4.78, 5) is 0. The fourth-order valence-corrected chi connectivity index (χ4v) is 3.05. The minimum Gasteiger partial charge on any atom is -0.497 e. The Balaban J connectivity index is 1.73. The van der Waals surface area contributed by atoms with E-state index in [1.165, 1.54) is 0 Å². The Morgan fingerprint density at radius 3 is 2.74 bits per heavy atom. The molecule has 1 aromatic carbocycles. The maximum atomic E-state index is 5.21. The second-order valence-electron chi connectivity index (χ2n) is 5.82. The first-order valence-corrected chi connectivity index (χ1v) is 7.92. The largest absolute Gasteiger partial charge is 0.497 e. The minimum atomic E-state index is 0.373. The van der Waals surface area contributed by atoms with E-state index in [9.17, 15) is 0 Å². The van der Waals surface area contributed by atoms with Gasteiger partial charge in [-0.1, -0.05) is 0 Å². The molecule has 0 spiro atoms. The molecule has 1 aliphatic rings. The van der Waals surface area contributed by atoms with Crippen molar-refractivity contribution in [2.45, 2.75) is 18.8 Å². The van der Waals surface area contributed by atoms with E-state index in [2.05, 4.69) is 15.5 Å². The van der Waals surface area contributed by atoms with Crippen LogP contribution in [-0.2, 0) is 0 Å². The minimum absolute atomic E-state index is 0.373. The lowest BCUT2D eigenvalue weighted by Gasteiger charge is -2.20. The second kappa shape index (κ2) is 5.96. The number of nitrogens with one attached hydrogen (secondary N) is 1. The van der Waals surface area contributed by atoms with Gasteiger partial charge in [-0.2, -0.15) is 9.61 Å². The summed E-state index contributed by atoms with van der Waals surface area (Å²) in [6, 6.07) is 11.9. The molecule has 0 bridgehead atoms. The van der Waals surface area contributed by atoms with E-state index in [-0.39, 0.29) is 0 Å². The van der Waals surface area contributed by atoms with Gasteiger partial charge in [0, 0.05) is 18.0 Å². The van der Waals surface area contributed by atoms with Crippen LogP contribution in [0, 0.1) is 0 Å². The zero-order valence-corrected chi connectivity index (χ0v) is 13.1. The first kappa shape index (κ1) is 14.1. The molecule has 23 heavy (non-hydrogen) atoms. The average molecular weight is 309 g/mol. The Morgan fingerprint density at radius 1 is 1.13 bits per heavy atom. The van der Waals surface area contributed by atoms with Gasteiger partial charge in [0.2, 0.25) is 0 Å². The lowest BCUT2D eigenvalue weighted by atomic mass is 9.99. The monoisotopic (exact) mass is 309 g/mol. The van der Waals surface area contributed by atoms with E-state index >= 15 is 0 Å². The van der Waals surface area contributed by atoms with Crippen LogP contribution >= 0.6 is 0 Å². The molecule has 6 nitrogen and oxygen atoms in total. The third-order valence-corrected chi connectivity index (χ3v) is 4.33. The molecule has 0 aliphatic carbocycles. The van der Waals surface area contributed by atoms with Crippen molar-refractivity contribution >= 4 is 5.65 Å². The number of methoxy groups -OCH3 is 1. The molecule has 118 valence electrons. The Hall–Kier alpha value is -2.47. The number of rotatable bonds is 3. The number of hydrogen-bond acceptors (Lipinski definition) is 5. The molecule has 6 heteroatoms. The molecular weight excluding hydrogens is 290 g/mol. The maximum Gasteiger partial charge on any atom is 0.177 e. The number of benzene rings is 1. The van der Waals surface area contributed by atoms with Crippen LogP contribution in [0.3, 0.4) is 0 Å². The van der Waals surface area contributed by atoms with Crippen LogP contribution < -0.4 is 10.1 Å². The van der Waals surface area contributed by atoms with Crippen LogP contribution in [0.4, 0.5) is 0 Å². The van der Waals surface area contributed by atoms with Gasteiger partial charge in [0.15, 0.2) is 11.5 Å². The highest BCUT2D eigenvalue weighted by Gasteiger charge is 2.21. The van der Waals surface area contributed by atoms with Gasteiger partial charge in [-0.3, -0.25) is 0 Å². The molecule has 3 aromatic rings. The first-order chi connectivity index (χ1) is 11.3. The maximum absolute atomic E-state index is 5.21. The number of hydrogen-bond donors (Lipinski definition) is 1. The third-order valence-electron chi connectivity index (χ3n) is 4.33. The lowest BCUT2D eigenvalue weighted by molar-refractivity contribution is 0.415. The summed E-state index contributed by atoms with van der Waals surface area (Å²) in [5.74, 6) is 2.16. The number of ether oxygens (including phenoxy) is 1. The van der Waals surface area contributed by atoms with Gasteiger partial charge in [-0.25, -0.2) is 0 Å². The smallest absolute Gasteiger partial charge is 0.177 e. The summed E-state index contributed by atoms with van der Waals surface area (Å²) in [5.41, 5.74) is 2.75. The normalized spacial score (nSPS) is 18.2. The van der Waals surface area contributed by atoms with Gasteiger partial charge >= 0.3 is 0 Å². The summed E-state index contributed by atoms with van der Waals surface area (Å²) >= 11 is 0. The predicted molar refractivity (Wildman–Crippen MR) is 87.6 cm³/mol. The van der Waals surface area contributed by atoms with Gasteiger partial charge < -0.3 is 10.1 Å². The topological polar surface area (TPSA) is 64.3 Å². The summed E-state index contributed by atoms with van der Waals surface area (Å²) in [6.45, 7) is 2.02. The van der Waals surface area contributed by atoms with Crippen LogP contribution in [0.1, 0.15) is 24.6 Å². The van der Waals surface area contributed by atoms with Crippen LogP contribution in [0.2, 0.25) is 0 Å². The van der Waals surface area contributed by atoms with E-state index in [4.69, 9.17) is 9.84 Å². The molecular formula is C17H19N5O. The van der Waals surface area contributed by atoms with Crippen LogP contribution in [0.15, 0.2) is 36.4 Å². The van der Waals surface area contributed by atoms with Crippen LogP contribution in [-0.4, -0.2) is 40.0 Å². The molecule has 0 radical (unpaired) electrons. The summed E-state index contributed by atoms with van der Waals surface area (Å²) in [5, 5.41) is 16.8. The van der Waals surface area contributed by atoms with Gasteiger partial charge in [-0.15, -0.1) is 10.2 Å². The van der Waals surface area contributed by atoms with Gasteiger partial charge in [0.25, 0.3) is 0 Å². The Bertz CT molecular complexity index is 805. The Morgan fingerprint density at radius 2 is 2.00 bits per heavy atom. The van der Waals surface area contributed by atoms with Crippen molar-refractivity contribution in [2.24, 2.45) is 0 Å². The standard InChI is InChI=1S/C17H19N5O/c1-23-14-6-4-12(5-7-14)15-8-9-16-19-20-17(22(16)21-15)13-3-2-10-18-11-13/h4-9,13,18H,2-3,10-11H2,1H3. The molecule has 1 N–H and O–H groups in total. The average Bonchev–Trinajstić information content (AvgIpc) is 3.05. The van der Waals surface area contributed by atoms with Crippen molar-refractivity contribution in [2.75, 3.05) is 20.2 Å². The van der Waals surface area contributed by atoms with Gasteiger partial charge in [0.1, 0.15) is 5.75 Å². The second-order valence-corrected chi connectivity index (χ2v) is 5.82. The zero-order chi connectivity index (χ0) is 15.6. The predicted octanol–water partition coefficient (Wildman–Crippen LogP) is 2.27. The molecule has 2 aromatic heterocycles. The van der Waals surface area contributed by atoms with E-state index in [1.54, 1.807) is 7.11 Å². The molecule has 1 saturated heterocycles. The molecule has 1 atom stereocenters. The first-order valence-electron chi connectivity index (χ1n) is 7.92. The third kappa shape index (κ3) is 2.66. The molecule has 3 heterocycles. The van der Waals surface area contributed by atoms with Crippen molar-refractivity contribution in [3.8, 4) is 17.0 Å². The molecule has 1 unspecified atom stereocenters. The Labute approximate surface area is 134 Å². The highest BCUT2D eigenvalue weighted by Crippen LogP contribution is 2.24. The number of piperidine rings is 1. The highest BCUT2D eigenvalue weighted by molar-refractivity contribution is 5.61. The highest BCUT2D eigenvalue weighted by atomic mass is 16.5. The lowest BCUT2D eigenvalue weighted by Crippen LogP contribution is -2.29. The summed E-state index contributed by atoms with van der Waals surface area (Å²) in [7, 11) is 1.67.